The number of nitrogens with two attached hydrogens (primary N) is 1. The minimum absolute atomic E-state index is 0.0780. The number of nitrogen functional groups attached to an aromatic ring is 1. The summed E-state index contributed by atoms with van der Waals surface area (Å²) in [4.78, 5) is 16.1. The van der Waals surface area contributed by atoms with Crippen LogP contribution in [-0.2, 0) is 13.1 Å². The maximum absolute atomic E-state index is 11.9. The van der Waals surface area contributed by atoms with E-state index in [-0.39, 0.29) is 5.56 Å². The van der Waals surface area contributed by atoms with E-state index in [0.29, 0.717) is 18.2 Å². The Morgan fingerprint density at radius 3 is 2.84 bits per heavy atom. The van der Waals surface area contributed by atoms with Gasteiger partial charge in [-0.3, -0.25) is 4.79 Å². The van der Waals surface area contributed by atoms with E-state index in [9.17, 15) is 4.79 Å². The molecule has 2 N–H and O–H groups in total. The molecule has 0 aliphatic carbocycles. The predicted octanol–water partition coefficient (Wildman–Crippen LogP) is 1.03. The molecule has 0 fully saturated rings. The zero-order valence-electron chi connectivity index (χ0n) is 11.5. The summed E-state index contributed by atoms with van der Waals surface area (Å²) in [5, 5.41) is 4.18. The second-order valence-electron chi connectivity index (χ2n) is 5.13. The Hall–Kier alpha value is -2.11. The fraction of sp³-hybridized carbons (Fsp3) is 0.462. The summed E-state index contributed by atoms with van der Waals surface area (Å²) in [5.74, 6) is 1.24. The molecule has 6 heteroatoms. The van der Waals surface area contributed by atoms with Gasteiger partial charge in [-0.1, -0.05) is 13.8 Å². The summed E-state index contributed by atoms with van der Waals surface area (Å²) >= 11 is 0. The van der Waals surface area contributed by atoms with Crippen molar-refractivity contribution in [1.29, 1.82) is 0 Å². The summed E-state index contributed by atoms with van der Waals surface area (Å²) in [6, 6.07) is 1.54. The Bertz CT molecular complexity index is 626. The molecule has 0 amide bonds. The summed E-state index contributed by atoms with van der Waals surface area (Å²) in [5.41, 5.74) is 7.16. The van der Waals surface area contributed by atoms with E-state index in [4.69, 9.17) is 5.73 Å². The van der Waals surface area contributed by atoms with E-state index in [1.165, 1.54) is 6.33 Å². The highest BCUT2D eigenvalue weighted by Crippen LogP contribution is 2.07. The first-order valence-corrected chi connectivity index (χ1v) is 6.30. The van der Waals surface area contributed by atoms with Crippen LogP contribution in [0.4, 0.5) is 5.69 Å². The van der Waals surface area contributed by atoms with Gasteiger partial charge in [0.15, 0.2) is 0 Å². The van der Waals surface area contributed by atoms with Crippen LogP contribution in [-0.4, -0.2) is 19.3 Å². The lowest BCUT2D eigenvalue weighted by Crippen LogP contribution is -2.23. The third-order valence-corrected chi connectivity index (χ3v) is 2.92. The molecule has 0 saturated carbocycles. The fourth-order valence-electron chi connectivity index (χ4n) is 1.87. The van der Waals surface area contributed by atoms with Crippen LogP contribution in [0.2, 0.25) is 0 Å². The first kappa shape index (κ1) is 13.3. The van der Waals surface area contributed by atoms with Crippen LogP contribution in [0.15, 0.2) is 23.4 Å². The van der Waals surface area contributed by atoms with Crippen molar-refractivity contribution < 1.29 is 0 Å². The van der Waals surface area contributed by atoms with Crippen LogP contribution >= 0.6 is 0 Å². The maximum Gasteiger partial charge on any atom is 0.251 e. The molecular formula is C13H19N5O. The number of hydrogen-bond acceptors (Lipinski definition) is 4. The van der Waals surface area contributed by atoms with Crippen molar-refractivity contribution in [2.75, 3.05) is 5.73 Å². The lowest BCUT2D eigenvalue weighted by atomic mass is 10.2. The van der Waals surface area contributed by atoms with Crippen molar-refractivity contribution in [3.63, 3.8) is 0 Å². The topological polar surface area (TPSA) is 78.7 Å². The average molecular weight is 261 g/mol. The molecule has 0 radical (unpaired) electrons. The van der Waals surface area contributed by atoms with Crippen molar-refractivity contribution >= 4 is 5.69 Å². The van der Waals surface area contributed by atoms with Gasteiger partial charge in [-0.05, 0) is 18.4 Å². The van der Waals surface area contributed by atoms with Crippen LogP contribution in [0.25, 0.3) is 0 Å². The third-order valence-electron chi connectivity index (χ3n) is 2.92. The van der Waals surface area contributed by atoms with Gasteiger partial charge in [0.05, 0.1) is 12.2 Å². The second-order valence-corrected chi connectivity index (χ2v) is 5.13. The SMILES string of the molecule is Cc1cc(=O)n(Cc2ncnn2CC(C)C)cc1N. The van der Waals surface area contributed by atoms with E-state index in [2.05, 4.69) is 23.9 Å². The molecule has 0 spiro atoms. The van der Waals surface area contributed by atoms with E-state index in [0.717, 1.165) is 17.9 Å². The minimum Gasteiger partial charge on any atom is -0.397 e. The standard InChI is InChI=1S/C13H19N5O/c1-9(2)5-18-12(15-8-16-18)7-17-6-11(14)10(3)4-13(17)19/h4,6,8-9H,5,7,14H2,1-3H3. The molecule has 0 aliphatic heterocycles. The Balaban J connectivity index is 2.29. The van der Waals surface area contributed by atoms with Gasteiger partial charge in [0.1, 0.15) is 12.2 Å². The molecule has 2 aromatic rings. The van der Waals surface area contributed by atoms with E-state index < -0.39 is 0 Å². The van der Waals surface area contributed by atoms with Crippen molar-refractivity contribution in [1.82, 2.24) is 19.3 Å². The van der Waals surface area contributed by atoms with Gasteiger partial charge >= 0.3 is 0 Å². The van der Waals surface area contributed by atoms with Crippen LogP contribution in [0.1, 0.15) is 25.2 Å². The quantitative estimate of drug-likeness (QED) is 0.891. The summed E-state index contributed by atoms with van der Waals surface area (Å²) in [6.07, 6.45) is 3.17. The number of aryl methyl sites for hydroxylation is 1. The van der Waals surface area contributed by atoms with Gasteiger partial charge in [-0.2, -0.15) is 5.10 Å². The second kappa shape index (κ2) is 5.26. The predicted molar refractivity (Wildman–Crippen MR) is 73.8 cm³/mol. The number of pyridine rings is 1. The number of nitrogens with zero attached hydrogens (tertiary/aromatic N) is 4. The molecule has 0 bridgehead atoms. The van der Waals surface area contributed by atoms with Gasteiger partial charge in [-0.15, -0.1) is 0 Å². The van der Waals surface area contributed by atoms with E-state index in [1.54, 1.807) is 16.8 Å². The molecular weight excluding hydrogens is 242 g/mol. The van der Waals surface area contributed by atoms with Crippen molar-refractivity contribution in [2.24, 2.45) is 5.92 Å². The van der Waals surface area contributed by atoms with E-state index in [1.807, 2.05) is 11.6 Å². The highest BCUT2D eigenvalue weighted by molar-refractivity contribution is 5.43. The molecule has 0 saturated heterocycles. The average Bonchev–Trinajstić information content (AvgIpc) is 2.72. The molecule has 19 heavy (non-hydrogen) atoms. The van der Waals surface area contributed by atoms with Crippen LogP contribution in [0.3, 0.4) is 0 Å². The van der Waals surface area contributed by atoms with Crippen LogP contribution in [0.5, 0.6) is 0 Å². The Morgan fingerprint density at radius 1 is 1.42 bits per heavy atom. The third kappa shape index (κ3) is 3.01. The Kier molecular flexibility index (Phi) is 3.69. The zero-order chi connectivity index (χ0) is 14.0. The van der Waals surface area contributed by atoms with Gasteiger partial charge in [0, 0.05) is 18.8 Å². The minimum atomic E-state index is -0.0780. The molecule has 0 aliphatic rings. The molecule has 102 valence electrons. The maximum atomic E-state index is 11.9. The number of rotatable bonds is 4. The molecule has 2 aromatic heterocycles. The van der Waals surface area contributed by atoms with Gasteiger partial charge in [0.2, 0.25) is 0 Å². The van der Waals surface area contributed by atoms with Crippen molar-refractivity contribution in [2.45, 2.75) is 33.9 Å². The van der Waals surface area contributed by atoms with Crippen molar-refractivity contribution in [3.05, 3.63) is 40.3 Å². The molecule has 2 heterocycles. The van der Waals surface area contributed by atoms with Gasteiger partial charge in [-0.25, -0.2) is 9.67 Å². The van der Waals surface area contributed by atoms with Crippen molar-refractivity contribution in [3.8, 4) is 0 Å². The molecule has 0 unspecified atom stereocenters. The number of anilines is 1. The van der Waals surface area contributed by atoms with Gasteiger partial charge < -0.3 is 10.3 Å². The number of hydrogen-bond donors (Lipinski definition) is 1. The summed E-state index contributed by atoms with van der Waals surface area (Å²) in [6.45, 7) is 7.22. The fourth-order valence-corrected chi connectivity index (χ4v) is 1.87. The van der Waals surface area contributed by atoms with E-state index >= 15 is 0 Å². The number of aromatic nitrogens is 4. The summed E-state index contributed by atoms with van der Waals surface area (Å²) < 4.78 is 3.39. The lowest BCUT2D eigenvalue weighted by Gasteiger charge is -2.11. The molecule has 2 rings (SSSR count). The first-order valence-electron chi connectivity index (χ1n) is 6.30. The Labute approximate surface area is 111 Å². The highest BCUT2D eigenvalue weighted by Gasteiger charge is 2.08. The zero-order valence-corrected chi connectivity index (χ0v) is 11.5. The Morgan fingerprint density at radius 2 is 2.16 bits per heavy atom. The monoisotopic (exact) mass is 261 g/mol. The van der Waals surface area contributed by atoms with Crippen LogP contribution in [0, 0.1) is 12.8 Å². The van der Waals surface area contributed by atoms with Crippen LogP contribution < -0.4 is 11.3 Å². The molecule has 0 aromatic carbocycles. The molecule has 6 nitrogen and oxygen atoms in total. The lowest BCUT2D eigenvalue weighted by molar-refractivity contribution is 0.459. The molecule has 0 atom stereocenters. The highest BCUT2D eigenvalue weighted by atomic mass is 16.1. The largest absolute Gasteiger partial charge is 0.397 e. The first-order chi connectivity index (χ1) is 8.97. The smallest absolute Gasteiger partial charge is 0.251 e. The van der Waals surface area contributed by atoms with Gasteiger partial charge in [0.25, 0.3) is 5.56 Å². The normalized spacial score (nSPS) is 11.2. The summed E-state index contributed by atoms with van der Waals surface area (Å²) in [7, 11) is 0.